The zero-order valence-corrected chi connectivity index (χ0v) is 12.7. The Labute approximate surface area is 103 Å². The van der Waals surface area contributed by atoms with E-state index in [1.54, 1.807) is 44.2 Å². The van der Waals surface area contributed by atoms with E-state index in [0.717, 1.165) is 0 Å². The van der Waals surface area contributed by atoms with Gasteiger partial charge < -0.3 is 0 Å². The third-order valence-corrected chi connectivity index (χ3v) is 18.5. The molecule has 0 aliphatic rings. The second-order valence-electron chi connectivity index (χ2n) is 4.13. The molecule has 0 saturated carbocycles. The fourth-order valence-corrected chi connectivity index (χ4v) is 13.1. The van der Waals surface area contributed by atoms with Gasteiger partial charge in [0.05, 0.1) is 0 Å². The summed E-state index contributed by atoms with van der Waals surface area (Å²) >= 11 is -4.01. The topological polar surface area (TPSA) is 0 Å². The fourth-order valence-electron chi connectivity index (χ4n) is 2.25. The summed E-state index contributed by atoms with van der Waals surface area (Å²) in [6.45, 7) is 3.37. The molecule has 0 spiro atoms. The molecule has 17 heavy (non-hydrogen) atoms. The molecule has 0 amide bonds. The molecule has 1 atom stereocenters. The number of rotatable bonds is 4. The van der Waals surface area contributed by atoms with Crippen molar-refractivity contribution in [2.45, 2.75) is 33.1 Å². The molecule has 0 nitrogen and oxygen atoms in total. The Morgan fingerprint density at radius 2 is 1.53 bits per heavy atom. The second-order valence-corrected chi connectivity index (χ2v) is 17.9. The van der Waals surface area contributed by atoms with E-state index in [9.17, 15) is 17.6 Å². The summed E-state index contributed by atoms with van der Waals surface area (Å²) in [6, 6.07) is 8.43. The number of alkyl halides is 4. The number of hydrogen-bond donors (Lipinski definition) is 0. The van der Waals surface area contributed by atoms with Crippen LogP contribution in [-0.4, -0.2) is 28.7 Å². The summed E-state index contributed by atoms with van der Waals surface area (Å²) in [7, 11) is 0. The Morgan fingerprint density at radius 3 is 1.88 bits per heavy atom. The number of benzene rings is 1. The second kappa shape index (κ2) is 5.59. The standard InChI is InChI=1S/C6H5.C2HF4.2C2H5.Sn/c1-2-4-6-5-3-1;3-1-2(4,5)6;2*1-2;/h1-5H;1H;2*1H2,2H3;. The first-order valence-corrected chi connectivity index (χ1v) is 12.8. The minimum atomic E-state index is -4.72. The van der Waals surface area contributed by atoms with Gasteiger partial charge in [-0.1, -0.05) is 0 Å². The van der Waals surface area contributed by atoms with Crippen molar-refractivity contribution in [2.24, 2.45) is 0 Å². The van der Waals surface area contributed by atoms with E-state index in [1.807, 2.05) is 0 Å². The van der Waals surface area contributed by atoms with Gasteiger partial charge in [0.1, 0.15) is 0 Å². The molecule has 0 heterocycles. The minimum absolute atomic E-state index is 0.329. The molecule has 0 bridgehead atoms. The van der Waals surface area contributed by atoms with Crippen LogP contribution >= 0.6 is 0 Å². The number of halogens is 4. The molecule has 0 aliphatic heterocycles. The predicted octanol–water partition coefficient (Wildman–Crippen LogP) is 3.82. The summed E-state index contributed by atoms with van der Waals surface area (Å²) in [4.78, 5) is 0. The van der Waals surface area contributed by atoms with Crippen LogP contribution in [0, 0.1) is 0 Å². The van der Waals surface area contributed by atoms with E-state index in [-0.39, 0.29) is 0 Å². The summed E-state index contributed by atoms with van der Waals surface area (Å²) < 4.78 is 50.6. The van der Waals surface area contributed by atoms with Gasteiger partial charge in [-0.15, -0.1) is 0 Å². The SMILES string of the molecule is C[CH2][Sn]([CH2]C)([c]1ccccc1)[CH](F)C(F)(F)F. The molecule has 1 aromatic rings. The maximum atomic E-state index is 13.9. The molecule has 96 valence electrons. The van der Waals surface area contributed by atoms with Gasteiger partial charge in [0.25, 0.3) is 0 Å². The van der Waals surface area contributed by atoms with Gasteiger partial charge in [0.2, 0.25) is 0 Å². The van der Waals surface area contributed by atoms with Gasteiger partial charge in [0, 0.05) is 0 Å². The molecule has 0 N–H and O–H groups in total. The van der Waals surface area contributed by atoms with Gasteiger partial charge >= 0.3 is 103 Å². The van der Waals surface area contributed by atoms with Gasteiger partial charge in [-0.3, -0.25) is 0 Å². The Kier molecular flexibility index (Phi) is 4.86. The van der Waals surface area contributed by atoms with Gasteiger partial charge in [-0.2, -0.15) is 0 Å². The molecule has 0 radical (unpaired) electrons. The summed E-state index contributed by atoms with van der Waals surface area (Å²) in [5, 5.41) is 0. The zero-order chi connectivity index (χ0) is 13.1. The van der Waals surface area contributed by atoms with Gasteiger partial charge in [0.15, 0.2) is 0 Å². The molecule has 5 heteroatoms. The van der Waals surface area contributed by atoms with Crippen LogP contribution in [0.15, 0.2) is 30.3 Å². The van der Waals surface area contributed by atoms with Crippen LogP contribution in [0.2, 0.25) is 8.87 Å². The quantitative estimate of drug-likeness (QED) is 0.569. The Balaban J connectivity index is 3.23. The average Bonchev–Trinajstić information content (AvgIpc) is 2.31. The van der Waals surface area contributed by atoms with Gasteiger partial charge in [-0.25, -0.2) is 0 Å². The molecule has 0 saturated heterocycles. The van der Waals surface area contributed by atoms with E-state index in [2.05, 4.69) is 0 Å². The van der Waals surface area contributed by atoms with Crippen molar-refractivity contribution < 1.29 is 17.6 Å². The van der Waals surface area contributed by atoms with E-state index in [1.165, 1.54) is 0 Å². The van der Waals surface area contributed by atoms with Crippen LogP contribution in [-0.2, 0) is 0 Å². The number of hydrogen-bond acceptors (Lipinski definition) is 0. The summed E-state index contributed by atoms with van der Waals surface area (Å²) in [6.07, 6.45) is -4.72. The fraction of sp³-hybridized carbons (Fsp3) is 0.500. The van der Waals surface area contributed by atoms with Crippen LogP contribution in [0.4, 0.5) is 17.6 Å². The van der Waals surface area contributed by atoms with Crippen molar-refractivity contribution in [3.05, 3.63) is 30.3 Å². The molecule has 1 unspecified atom stereocenters. The van der Waals surface area contributed by atoms with Crippen LogP contribution in [0.25, 0.3) is 0 Å². The van der Waals surface area contributed by atoms with Crippen LogP contribution < -0.4 is 3.58 Å². The van der Waals surface area contributed by atoms with Crippen molar-refractivity contribution in [3.63, 3.8) is 0 Å². The monoisotopic (exact) mass is 356 g/mol. The average molecular weight is 355 g/mol. The normalized spacial score (nSPS) is 14.7. The third-order valence-electron chi connectivity index (χ3n) is 3.38. The van der Waals surface area contributed by atoms with Crippen LogP contribution in [0.5, 0.6) is 0 Å². The zero-order valence-electron chi connectivity index (χ0n) is 9.89. The van der Waals surface area contributed by atoms with Crippen molar-refractivity contribution in [1.82, 2.24) is 0 Å². The molecule has 0 aromatic heterocycles. The molecular formula is C12H16F4Sn. The first-order valence-electron chi connectivity index (χ1n) is 5.64. The van der Waals surface area contributed by atoms with Crippen molar-refractivity contribution in [1.29, 1.82) is 0 Å². The predicted molar refractivity (Wildman–Crippen MR) is 63.7 cm³/mol. The van der Waals surface area contributed by atoms with Crippen molar-refractivity contribution in [2.75, 3.05) is 0 Å². The first-order chi connectivity index (χ1) is 7.88. The summed E-state index contributed by atoms with van der Waals surface area (Å²) in [5.74, 6) is 0. The van der Waals surface area contributed by atoms with E-state index < -0.39 is 28.7 Å². The van der Waals surface area contributed by atoms with Gasteiger partial charge in [-0.05, 0) is 0 Å². The first kappa shape index (κ1) is 14.8. The van der Waals surface area contributed by atoms with E-state index in [4.69, 9.17) is 0 Å². The van der Waals surface area contributed by atoms with Crippen molar-refractivity contribution >= 4 is 22.0 Å². The third kappa shape index (κ3) is 2.95. The van der Waals surface area contributed by atoms with Crippen LogP contribution in [0.3, 0.4) is 0 Å². The molecule has 1 aromatic carbocycles. The Bertz CT molecular complexity index is 343. The van der Waals surface area contributed by atoms with E-state index in [0.29, 0.717) is 12.5 Å². The molecular weight excluding hydrogens is 339 g/mol. The Hall–Kier alpha value is -0.261. The van der Waals surface area contributed by atoms with Crippen molar-refractivity contribution in [3.8, 4) is 0 Å². The molecule has 1 rings (SSSR count). The molecule has 0 aliphatic carbocycles. The summed E-state index contributed by atoms with van der Waals surface area (Å²) in [5.41, 5.74) is 0. The van der Waals surface area contributed by atoms with Crippen LogP contribution in [0.1, 0.15) is 13.8 Å². The maximum absolute atomic E-state index is 13.9. The van der Waals surface area contributed by atoms with E-state index >= 15 is 0 Å². The molecule has 0 fully saturated rings. The Morgan fingerprint density at radius 1 is 1.06 bits per heavy atom.